The Bertz CT molecular complexity index is 946. The van der Waals surface area contributed by atoms with Crippen molar-refractivity contribution in [1.82, 2.24) is 0 Å². The van der Waals surface area contributed by atoms with Crippen molar-refractivity contribution < 1.29 is 0 Å². The predicted octanol–water partition coefficient (Wildman–Crippen LogP) is 8.70. The van der Waals surface area contributed by atoms with Gasteiger partial charge < -0.3 is 0 Å². The van der Waals surface area contributed by atoms with Crippen LogP contribution >= 0.6 is 0 Å². The van der Waals surface area contributed by atoms with Crippen molar-refractivity contribution in [3.8, 4) is 11.1 Å². The molecule has 0 spiro atoms. The maximum atomic E-state index is 2.45. The highest BCUT2D eigenvalue weighted by atomic mass is 14.2. The molecule has 0 aromatic heterocycles. The Kier molecular flexibility index (Phi) is 7.62. The fourth-order valence-corrected chi connectivity index (χ4v) is 5.00. The van der Waals surface area contributed by atoms with Crippen molar-refractivity contribution in [1.29, 1.82) is 0 Å². The van der Waals surface area contributed by atoms with Gasteiger partial charge in [-0.25, -0.2) is 0 Å². The van der Waals surface area contributed by atoms with Crippen molar-refractivity contribution >= 4 is 0 Å². The molecule has 1 unspecified atom stereocenters. The standard InChI is InChI=1S/C31H38/c1-3-5-7-9-25-12-16-27(17-13-25)29-19-21-30-22-28(18-20-31(30)23-29)26-14-10-24(11-15-26)8-6-4-2/h10-17,19,21,23,28H,3-9,18,20,22H2,1-2H3. The molecule has 31 heavy (non-hydrogen) atoms. The molecule has 0 saturated heterocycles. The second-order valence-electron chi connectivity index (χ2n) is 9.42. The third-order valence-corrected chi connectivity index (χ3v) is 7.06. The lowest BCUT2D eigenvalue weighted by atomic mass is 9.79. The minimum absolute atomic E-state index is 0.668. The van der Waals surface area contributed by atoms with E-state index >= 15 is 0 Å². The zero-order valence-corrected chi connectivity index (χ0v) is 19.5. The lowest BCUT2D eigenvalue weighted by Gasteiger charge is -2.26. The molecule has 162 valence electrons. The molecule has 3 aromatic rings. The summed E-state index contributed by atoms with van der Waals surface area (Å²) < 4.78 is 0. The third-order valence-electron chi connectivity index (χ3n) is 7.06. The zero-order chi connectivity index (χ0) is 21.5. The summed E-state index contributed by atoms with van der Waals surface area (Å²) in [6.45, 7) is 4.54. The van der Waals surface area contributed by atoms with Crippen molar-refractivity contribution in [2.75, 3.05) is 0 Å². The molecular formula is C31H38. The topological polar surface area (TPSA) is 0 Å². The minimum atomic E-state index is 0.668. The molecule has 1 aliphatic carbocycles. The van der Waals surface area contributed by atoms with Crippen LogP contribution in [0.25, 0.3) is 11.1 Å². The van der Waals surface area contributed by atoms with E-state index in [4.69, 9.17) is 0 Å². The fourth-order valence-electron chi connectivity index (χ4n) is 5.00. The van der Waals surface area contributed by atoms with Crippen LogP contribution < -0.4 is 0 Å². The average Bonchev–Trinajstić information content (AvgIpc) is 2.83. The van der Waals surface area contributed by atoms with Gasteiger partial charge in [0.2, 0.25) is 0 Å². The largest absolute Gasteiger partial charge is 0.0654 e. The van der Waals surface area contributed by atoms with Crippen LogP contribution in [0, 0.1) is 0 Å². The summed E-state index contributed by atoms with van der Waals surface area (Å²) in [6, 6.07) is 25.9. The lowest BCUT2D eigenvalue weighted by Crippen LogP contribution is -2.13. The number of unbranched alkanes of at least 4 members (excludes halogenated alkanes) is 3. The molecule has 0 fully saturated rings. The van der Waals surface area contributed by atoms with Crippen LogP contribution in [0.5, 0.6) is 0 Å². The van der Waals surface area contributed by atoms with E-state index in [0.29, 0.717) is 5.92 Å². The van der Waals surface area contributed by atoms with Gasteiger partial charge in [-0.1, -0.05) is 99.8 Å². The Morgan fingerprint density at radius 1 is 0.645 bits per heavy atom. The van der Waals surface area contributed by atoms with E-state index in [1.807, 2.05) is 0 Å². The van der Waals surface area contributed by atoms with Gasteiger partial charge in [-0.3, -0.25) is 0 Å². The highest BCUT2D eigenvalue weighted by molar-refractivity contribution is 5.65. The van der Waals surface area contributed by atoms with Gasteiger partial charge in [-0.05, 0) is 89.8 Å². The molecule has 0 bridgehead atoms. The summed E-state index contributed by atoms with van der Waals surface area (Å²) in [5, 5.41) is 0. The zero-order valence-electron chi connectivity index (χ0n) is 19.5. The first-order valence-corrected chi connectivity index (χ1v) is 12.6. The van der Waals surface area contributed by atoms with Crippen LogP contribution in [0.4, 0.5) is 0 Å². The number of hydrogen-bond acceptors (Lipinski definition) is 0. The Morgan fingerprint density at radius 3 is 2.00 bits per heavy atom. The van der Waals surface area contributed by atoms with Gasteiger partial charge in [0.05, 0.1) is 0 Å². The quantitative estimate of drug-likeness (QED) is 0.309. The van der Waals surface area contributed by atoms with Gasteiger partial charge in [0, 0.05) is 0 Å². The number of hydrogen-bond donors (Lipinski definition) is 0. The monoisotopic (exact) mass is 410 g/mol. The smallest absolute Gasteiger partial charge is 0.0118 e. The van der Waals surface area contributed by atoms with E-state index in [2.05, 4.69) is 80.6 Å². The van der Waals surface area contributed by atoms with E-state index < -0.39 is 0 Å². The molecule has 0 heteroatoms. The fraction of sp³-hybridized carbons (Fsp3) is 0.419. The number of fused-ring (bicyclic) bond motifs is 1. The van der Waals surface area contributed by atoms with E-state index in [9.17, 15) is 0 Å². The number of rotatable bonds is 9. The van der Waals surface area contributed by atoms with Gasteiger partial charge in [-0.2, -0.15) is 0 Å². The molecule has 4 rings (SSSR count). The molecule has 1 atom stereocenters. The highest BCUT2D eigenvalue weighted by Gasteiger charge is 2.20. The van der Waals surface area contributed by atoms with Crippen LogP contribution in [0.2, 0.25) is 0 Å². The third kappa shape index (κ3) is 5.67. The Morgan fingerprint density at radius 2 is 1.29 bits per heavy atom. The van der Waals surface area contributed by atoms with Crippen molar-refractivity contribution in [2.45, 2.75) is 84.0 Å². The maximum absolute atomic E-state index is 2.45. The van der Waals surface area contributed by atoms with Crippen LogP contribution in [0.1, 0.15) is 86.1 Å². The van der Waals surface area contributed by atoms with E-state index in [0.717, 1.165) is 0 Å². The Balaban J connectivity index is 1.41. The van der Waals surface area contributed by atoms with Crippen molar-refractivity contribution in [2.24, 2.45) is 0 Å². The molecule has 1 aliphatic rings. The van der Waals surface area contributed by atoms with E-state index in [-0.39, 0.29) is 0 Å². The van der Waals surface area contributed by atoms with Crippen LogP contribution in [-0.2, 0) is 25.7 Å². The molecule has 0 aliphatic heterocycles. The Hall–Kier alpha value is -2.34. The van der Waals surface area contributed by atoms with Gasteiger partial charge in [0.25, 0.3) is 0 Å². The van der Waals surface area contributed by atoms with E-state index in [1.165, 1.54) is 92.0 Å². The van der Waals surface area contributed by atoms with E-state index in [1.54, 1.807) is 11.1 Å². The first-order chi connectivity index (χ1) is 15.3. The average molecular weight is 411 g/mol. The predicted molar refractivity (Wildman–Crippen MR) is 135 cm³/mol. The molecule has 0 amide bonds. The highest BCUT2D eigenvalue weighted by Crippen LogP contribution is 2.35. The van der Waals surface area contributed by atoms with Gasteiger partial charge in [0.1, 0.15) is 0 Å². The second-order valence-corrected chi connectivity index (χ2v) is 9.42. The van der Waals surface area contributed by atoms with Gasteiger partial charge in [0.15, 0.2) is 0 Å². The molecule has 0 nitrogen and oxygen atoms in total. The SMILES string of the molecule is CCCCCc1ccc(-c2ccc3c(c2)CCC(c2ccc(CCCC)cc2)C3)cc1. The maximum Gasteiger partial charge on any atom is -0.0118 e. The number of aryl methyl sites for hydroxylation is 3. The Labute approximate surface area is 189 Å². The van der Waals surface area contributed by atoms with Gasteiger partial charge >= 0.3 is 0 Å². The minimum Gasteiger partial charge on any atom is -0.0654 e. The van der Waals surface area contributed by atoms with Gasteiger partial charge in [-0.15, -0.1) is 0 Å². The summed E-state index contributed by atoms with van der Waals surface area (Å²) in [7, 11) is 0. The lowest BCUT2D eigenvalue weighted by molar-refractivity contribution is 0.585. The summed E-state index contributed by atoms with van der Waals surface area (Å²) in [5.74, 6) is 0.668. The molecule has 3 aromatic carbocycles. The summed E-state index contributed by atoms with van der Waals surface area (Å²) >= 11 is 0. The molecule has 0 heterocycles. The van der Waals surface area contributed by atoms with Crippen molar-refractivity contribution in [3.63, 3.8) is 0 Å². The normalized spacial score (nSPS) is 15.6. The van der Waals surface area contributed by atoms with Crippen LogP contribution in [-0.4, -0.2) is 0 Å². The molecule has 0 radical (unpaired) electrons. The number of benzene rings is 3. The molecule has 0 N–H and O–H groups in total. The molecular weight excluding hydrogens is 372 g/mol. The summed E-state index contributed by atoms with van der Waals surface area (Å²) in [5.41, 5.74) is 10.3. The second kappa shape index (κ2) is 10.8. The summed E-state index contributed by atoms with van der Waals surface area (Å²) in [4.78, 5) is 0. The van der Waals surface area contributed by atoms with Crippen molar-refractivity contribution in [3.05, 3.63) is 94.5 Å². The summed E-state index contributed by atoms with van der Waals surface area (Å²) in [6.07, 6.45) is 12.5. The van der Waals surface area contributed by atoms with Crippen LogP contribution in [0.15, 0.2) is 66.7 Å². The first-order valence-electron chi connectivity index (χ1n) is 12.6. The molecule has 0 saturated carbocycles. The first kappa shape index (κ1) is 21.9. The van der Waals surface area contributed by atoms with Crippen LogP contribution in [0.3, 0.4) is 0 Å².